The Morgan fingerprint density at radius 2 is 1.68 bits per heavy atom. The number of esters is 1. The van der Waals surface area contributed by atoms with E-state index in [1.165, 1.54) is 4.90 Å². The van der Waals surface area contributed by atoms with Crippen LogP contribution < -0.4 is 4.74 Å². The minimum Gasteiger partial charge on any atom is -0.497 e. The van der Waals surface area contributed by atoms with Crippen LogP contribution in [0.1, 0.15) is 34.3 Å². The van der Waals surface area contributed by atoms with Crippen LogP contribution in [-0.4, -0.2) is 54.9 Å². The molecule has 0 spiro atoms. The molecule has 3 aromatic carbocycles. The first-order valence-electron chi connectivity index (χ1n) is 11.3. The number of ether oxygens (including phenoxy) is 2. The molecule has 176 valence electrons. The summed E-state index contributed by atoms with van der Waals surface area (Å²) in [6.45, 7) is 1.39. The first-order valence-corrected chi connectivity index (χ1v) is 11.3. The molecule has 34 heavy (non-hydrogen) atoms. The normalized spacial score (nSPS) is 13.2. The SMILES string of the molecule is COc1ccc2cc(CN(C)C(=O)COC(=O)c3ccc(CN4CCCC4=O)cc3)ccc2c1. The predicted molar refractivity (Wildman–Crippen MR) is 128 cm³/mol. The van der Waals surface area contributed by atoms with Gasteiger partial charge in [0.25, 0.3) is 5.91 Å². The maximum atomic E-state index is 12.5. The second-order valence-electron chi connectivity index (χ2n) is 8.49. The molecule has 1 aliphatic rings. The Hall–Kier alpha value is -3.87. The molecule has 1 fully saturated rings. The Kier molecular flexibility index (Phi) is 7.11. The summed E-state index contributed by atoms with van der Waals surface area (Å²) in [6, 6.07) is 18.8. The maximum Gasteiger partial charge on any atom is 0.338 e. The third-order valence-corrected chi connectivity index (χ3v) is 6.02. The minimum atomic E-state index is -0.551. The van der Waals surface area contributed by atoms with Gasteiger partial charge < -0.3 is 19.3 Å². The maximum absolute atomic E-state index is 12.5. The van der Waals surface area contributed by atoms with Crippen molar-refractivity contribution >= 4 is 28.6 Å². The Balaban J connectivity index is 1.28. The average molecular weight is 461 g/mol. The average Bonchev–Trinajstić information content (AvgIpc) is 3.26. The van der Waals surface area contributed by atoms with Gasteiger partial charge in [-0.15, -0.1) is 0 Å². The van der Waals surface area contributed by atoms with E-state index < -0.39 is 5.97 Å². The first-order chi connectivity index (χ1) is 16.4. The van der Waals surface area contributed by atoms with Crippen LogP contribution in [-0.2, 0) is 27.4 Å². The number of carbonyl (C=O) groups is 3. The Morgan fingerprint density at radius 1 is 0.971 bits per heavy atom. The summed E-state index contributed by atoms with van der Waals surface area (Å²) in [5, 5.41) is 2.12. The van der Waals surface area contributed by atoms with Gasteiger partial charge >= 0.3 is 5.97 Å². The van der Waals surface area contributed by atoms with Gasteiger partial charge in [0.15, 0.2) is 6.61 Å². The molecule has 0 aromatic heterocycles. The highest BCUT2D eigenvalue weighted by Crippen LogP contribution is 2.22. The summed E-state index contributed by atoms with van der Waals surface area (Å²) in [6.07, 6.45) is 1.49. The molecule has 0 bridgehead atoms. The lowest BCUT2D eigenvalue weighted by Gasteiger charge is -2.18. The molecular formula is C27H28N2O5. The fourth-order valence-electron chi connectivity index (χ4n) is 4.02. The summed E-state index contributed by atoms with van der Waals surface area (Å²) in [5.74, 6) is 0.123. The molecule has 7 nitrogen and oxygen atoms in total. The number of hydrogen-bond acceptors (Lipinski definition) is 5. The van der Waals surface area contributed by atoms with Gasteiger partial charge in [0, 0.05) is 33.1 Å². The molecule has 0 unspecified atom stereocenters. The van der Waals surface area contributed by atoms with Crippen LogP contribution >= 0.6 is 0 Å². The van der Waals surface area contributed by atoms with Crippen LogP contribution in [0.4, 0.5) is 0 Å². The minimum absolute atomic E-state index is 0.162. The van der Waals surface area contributed by atoms with E-state index in [0.717, 1.165) is 40.6 Å². The van der Waals surface area contributed by atoms with Crippen molar-refractivity contribution in [1.29, 1.82) is 0 Å². The number of likely N-dealkylation sites (tertiary alicyclic amines) is 1. The van der Waals surface area contributed by atoms with E-state index in [1.807, 2.05) is 53.4 Å². The number of amides is 2. The summed E-state index contributed by atoms with van der Waals surface area (Å²) < 4.78 is 10.5. The fourth-order valence-corrected chi connectivity index (χ4v) is 4.02. The van der Waals surface area contributed by atoms with Crippen molar-refractivity contribution in [3.05, 3.63) is 77.4 Å². The number of carbonyl (C=O) groups excluding carboxylic acids is 3. The van der Waals surface area contributed by atoms with E-state index in [-0.39, 0.29) is 18.4 Å². The molecule has 0 radical (unpaired) electrons. The van der Waals surface area contributed by atoms with E-state index in [9.17, 15) is 14.4 Å². The molecule has 1 aliphatic heterocycles. The van der Waals surface area contributed by atoms with E-state index in [4.69, 9.17) is 9.47 Å². The smallest absolute Gasteiger partial charge is 0.338 e. The number of rotatable bonds is 8. The van der Waals surface area contributed by atoms with Gasteiger partial charge in [0.2, 0.25) is 5.91 Å². The standard InChI is InChI=1S/C27H28N2O5/c1-28(16-20-7-10-23-15-24(33-2)12-11-22(23)14-20)26(31)18-34-27(32)21-8-5-19(6-9-21)17-29-13-3-4-25(29)30/h5-12,14-15H,3-4,13,16-18H2,1-2H3. The molecule has 0 atom stereocenters. The Morgan fingerprint density at radius 3 is 2.38 bits per heavy atom. The molecule has 7 heteroatoms. The molecule has 1 heterocycles. The Labute approximate surface area is 198 Å². The molecule has 3 aromatic rings. The quantitative estimate of drug-likeness (QED) is 0.478. The van der Waals surface area contributed by atoms with Gasteiger partial charge in [-0.05, 0) is 58.7 Å². The number of methoxy groups -OCH3 is 1. The zero-order valence-corrected chi connectivity index (χ0v) is 19.5. The fraction of sp³-hybridized carbons (Fsp3) is 0.296. The zero-order chi connectivity index (χ0) is 24.1. The van der Waals surface area contributed by atoms with Crippen molar-refractivity contribution in [1.82, 2.24) is 9.80 Å². The Bertz CT molecular complexity index is 1210. The van der Waals surface area contributed by atoms with Crippen LogP contribution in [0.3, 0.4) is 0 Å². The van der Waals surface area contributed by atoms with Crippen molar-refractivity contribution in [2.24, 2.45) is 0 Å². The lowest BCUT2D eigenvalue weighted by atomic mass is 10.1. The molecule has 2 amide bonds. The lowest BCUT2D eigenvalue weighted by Crippen LogP contribution is -2.30. The zero-order valence-electron chi connectivity index (χ0n) is 19.5. The predicted octanol–water partition coefficient (Wildman–Crippen LogP) is 3.79. The van der Waals surface area contributed by atoms with Gasteiger partial charge in [-0.3, -0.25) is 9.59 Å². The van der Waals surface area contributed by atoms with Crippen molar-refractivity contribution < 1.29 is 23.9 Å². The summed E-state index contributed by atoms with van der Waals surface area (Å²) in [4.78, 5) is 40.0. The van der Waals surface area contributed by atoms with Crippen LogP contribution in [0.15, 0.2) is 60.7 Å². The van der Waals surface area contributed by atoms with Crippen molar-refractivity contribution in [2.75, 3.05) is 27.3 Å². The van der Waals surface area contributed by atoms with Crippen LogP contribution in [0.2, 0.25) is 0 Å². The van der Waals surface area contributed by atoms with Crippen molar-refractivity contribution in [3.63, 3.8) is 0 Å². The molecule has 0 aliphatic carbocycles. The summed E-state index contributed by atoms with van der Waals surface area (Å²) >= 11 is 0. The second-order valence-corrected chi connectivity index (χ2v) is 8.49. The number of fused-ring (bicyclic) bond motifs is 1. The summed E-state index contributed by atoms with van der Waals surface area (Å²) in [7, 11) is 3.32. The number of benzene rings is 3. The van der Waals surface area contributed by atoms with E-state index in [1.54, 1.807) is 26.3 Å². The van der Waals surface area contributed by atoms with E-state index in [0.29, 0.717) is 25.1 Å². The van der Waals surface area contributed by atoms with Crippen LogP contribution in [0.25, 0.3) is 10.8 Å². The number of nitrogens with zero attached hydrogens (tertiary/aromatic N) is 2. The van der Waals surface area contributed by atoms with Gasteiger partial charge in [0.05, 0.1) is 12.7 Å². The lowest BCUT2D eigenvalue weighted by molar-refractivity contribution is -0.133. The molecule has 1 saturated heterocycles. The molecule has 0 saturated carbocycles. The number of hydrogen-bond donors (Lipinski definition) is 0. The summed E-state index contributed by atoms with van der Waals surface area (Å²) in [5.41, 5.74) is 2.31. The van der Waals surface area contributed by atoms with Gasteiger partial charge in [-0.2, -0.15) is 0 Å². The highest BCUT2D eigenvalue weighted by molar-refractivity contribution is 5.91. The third-order valence-electron chi connectivity index (χ3n) is 6.02. The molecule has 0 N–H and O–H groups in total. The van der Waals surface area contributed by atoms with Gasteiger partial charge in [-0.1, -0.05) is 30.3 Å². The van der Waals surface area contributed by atoms with Crippen molar-refractivity contribution in [2.45, 2.75) is 25.9 Å². The highest BCUT2D eigenvalue weighted by Gasteiger charge is 2.20. The van der Waals surface area contributed by atoms with Gasteiger partial charge in [0.1, 0.15) is 5.75 Å². The van der Waals surface area contributed by atoms with Gasteiger partial charge in [-0.25, -0.2) is 4.79 Å². The van der Waals surface area contributed by atoms with Crippen LogP contribution in [0.5, 0.6) is 5.75 Å². The monoisotopic (exact) mass is 460 g/mol. The van der Waals surface area contributed by atoms with Crippen LogP contribution in [0, 0.1) is 0 Å². The second kappa shape index (κ2) is 10.4. The van der Waals surface area contributed by atoms with Crippen molar-refractivity contribution in [3.8, 4) is 5.75 Å². The first kappa shape index (κ1) is 23.3. The molecular weight excluding hydrogens is 432 g/mol. The number of likely N-dealkylation sites (N-methyl/N-ethyl adjacent to an activating group) is 1. The largest absolute Gasteiger partial charge is 0.497 e. The van der Waals surface area contributed by atoms with E-state index in [2.05, 4.69) is 0 Å². The van der Waals surface area contributed by atoms with E-state index >= 15 is 0 Å². The highest BCUT2D eigenvalue weighted by atomic mass is 16.5. The third kappa shape index (κ3) is 5.54. The topological polar surface area (TPSA) is 76.2 Å². The molecule has 4 rings (SSSR count).